The molecule has 0 radical (unpaired) electrons. The Morgan fingerprint density at radius 1 is 1.25 bits per heavy atom. The van der Waals surface area contributed by atoms with Crippen molar-refractivity contribution in [3.8, 4) is 11.6 Å². The van der Waals surface area contributed by atoms with E-state index in [-0.39, 0.29) is 0 Å². The number of furan rings is 1. The Morgan fingerprint density at radius 2 is 2.12 bits per heavy atom. The number of imidazole rings is 1. The van der Waals surface area contributed by atoms with Crippen LogP contribution < -0.4 is 0 Å². The summed E-state index contributed by atoms with van der Waals surface area (Å²) >= 11 is 6.06. The lowest BCUT2D eigenvalue weighted by Crippen LogP contribution is -1.86. The average Bonchev–Trinajstić information content (AvgIpc) is 2.84. The highest BCUT2D eigenvalue weighted by atomic mass is 35.5. The molecule has 3 heterocycles. The van der Waals surface area contributed by atoms with Crippen LogP contribution in [0.4, 0.5) is 0 Å². The highest BCUT2D eigenvalue weighted by Gasteiger charge is 2.12. The lowest BCUT2D eigenvalue weighted by atomic mass is 10.4. The van der Waals surface area contributed by atoms with Crippen molar-refractivity contribution in [1.82, 2.24) is 9.38 Å². The quantitative estimate of drug-likeness (QED) is 0.642. The number of aryl methyl sites for hydroxylation is 1. The van der Waals surface area contributed by atoms with Gasteiger partial charge in [-0.15, -0.1) is 0 Å². The van der Waals surface area contributed by atoms with E-state index in [1.807, 2.05) is 47.9 Å². The average molecular weight is 233 g/mol. The van der Waals surface area contributed by atoms with Crippen LogP contribution in [0.25, 0.3) is 17.1 Å². The van der Waals surface area contributed by atoms with E-state index in [2.05, 4.69) is 4.98 Å². The van der Waals surface area contributed by atoms with Gasteiger partial charge in [-0.1, -0.05) is 17.7 Å². The molecule has 80 valence electrons. The van der Waals surface area contributed by atoms with Crippen LogP contribution in [0.3, 0.4) is 0 Å². The topological polar surface area (TPSA) is 30.4 Å². The second-order valence-corrected chi connectivity index (χ2v) is 3.95. The van der Waals surface area contributed by atoms with Gasteiger partial charge in [0.25, 0.3) is 0 Å². The molecule has 3 rings (SSSR count). The van der Waals surface area contributed by atoms with Gasteiger partial charge in [-0.3, -0.25) is 4.40 Å². The van der Waals surface area contributed by atoms with E-state index >= 15 is 0 Å². The second kappa shape index (κ2) is 3.39. The zero-order valence-electron chi connectivity index (χ0n) is 8.64. The van der Waals surface area contributed by atoms with Crippen molar-refractivity contribution in [2.24, 2.45) is 0 Å². The van der Waals surface area contributed by atoms with Crippen molar-refractivity contribution in [2.45, 2.75) is 6.92 Å². The van der Waals surface area contributed by atoms with Gasteiger partial charge in [0.05, 0.1) is 5.52 Å². The lowest BCUT2D eigenvalue weighted by Gasteiger charge is -1.96. The molecular weight excluding hydrogens is 224 g/mol. The molecule has 0 aliphatic carbocycles. The number of nitrogens with zero attached hydrogens (tertiary/aromatic N) is 2. The van der Waals surface area contributed by atoms with E-state index in [9.17, 15) is 0 Å². The molecule has 0 spiro atoms. The zero-order chi connectivity index (χ0) is 11.1. The minimum atomic E-state index is 0.490. The first kappa shape index (κ1) is 9.48. The summed E-state index contributed by atoms with van der Waals surface area (Å²) in [5, 5.41) is 0.490. The first-order valence-corrected chi connectivity index (χ1v) is 5.33. The van der Waals surface area contributed by atoms with Crippen LogP contribution in [0.1, 0.15) is 5.76 Å². The molecule has 0 aromatic carbocycles. The van der Waals surface area contributed by atoms with Gasteiger partial charge in [-0.2, -0.15) is 0 Å². The standard InChI is InChI=1S/C12H9ClN2O/c1-8-5-6-10(16-8)12-14-11(13)9-4-2-3-7-15(9)12/h2-7H,1H3. The minimum absolute atomic E-state index is 0.490. The molecule has 0 N–H and O–H groups in total. The van der Waals surface area contributed by atoms with Crippen LogP contribution in [-0.4, -0.2) is 9.38 Å². The maximum Gasteiger partial charge on any atom is 0.182 e. The predicted octanol–water partition coefficient (Wildman–Crippen LogP) is 3.56. The Bertz CT molecular complexity index is 654. The fourth-order valence-corrected chi connectivity index (χ4v) is 1.96. The first-order valence-electron chi connectivity index (χ1n) is 4.95. The maximum absolute atomic E-state index is 6.06. The molecule has 0 unspecified atom stereocenters. The van der Waals surface area contributed by atoms with E-state index in [0.717, 1.165) is 22.9 Å². The fraction of sp³-hybridized carbons (Fsp3) is 0.0833. The van der Waals surface area contributed by atoms with Gasteiger partial charge >= 0.3 is 0 Å². The van der Waals surface area contributed by atoms with Gasteiger partial charge in [0.15, 0.2) is 16.7 Å². The predicted molar refractivity (Wildman–Crippen MR) is 62.6 cm³/mol. The highest BCUT2D eigenvalue weighted by molar-refractivity contribution is 6.32. The molecule has 0 fully saturated rings. The summed E-state index contributed by atoms with van der Waals surface area (Å²) < 4.78 is 7.47. The van der Waals surface area contributed by atoms with Gasteiger partial charge in [0, 0.05) is 6.20 Å². The zero-order valence-corrected chi connectivity index (χ0v) is 9.40. The third-order valence-corrected chi connectivity index (χ3v) is 2.74. The Kier molecular flexibility index (Phi) is 2.01. The molecule has 0 amide bonds. The fourth-order valence-electron chi connectivity index (χ4n) is 1.73. The van der Waals surface area contributed by atoms with Crippen molar-refractivity contribution in [3.63, 3.8) is 0 Å². The Morgan fingerprint density at radius 3 is 2.88 bits per heavy atom. The number of fused-ring (bicyclic) bond motifs is 1. The van der Waals surface area contributed by atoms with Crippen LogP contribution in [0.5, 0.6) is 0 Å². The molecule has 0 atom stereocenters. The summed E-state index contributed by atoms with van der Waals surface area (Å²) in [6.45, 7) is 1.90. The molecule has 3 aromatic heterocycles. The molecule has 0 saturated carbocycles. The van der Waals surface area contributed by atoms with Gasteiger partial charge in [0.1, 0.15) is 5.76 Å². The Labute approximate surface area is 97.3 Å². The summed E-state index contributed by atoms with van der Waals surface area (Å²) in [7, 11) is 0. The van der Waals surface area contributed by atoms with Crippen molar-refractivity contribution in [3.05, 3.63) is 47.4 Å². The van der Waals surface area contributed by atoms with Crippen molar-refractivity contribution < 1.29 is 4.42 Å². The number of rotatable bonds is 1. The number of halogens is 1. The van der Waals surface area contributed by atoms with Crippen LogP contribution >= 0.6 is 11.6 Å². The molecule has 3 nitrogen and oxygen atoms in total. The number of hydrogen-bond acceptors (Lipinski definition) is 2. The SMILES string of the molecule is Cc1ccc(-c2nc(Cl)c3ccccn23)o1. The largest absolute Gasteiger partial charge is 0.458 e. The highest BCUT2D eigenvalue weighted by Crippen LogP contribution is 2.26. The summed E-state index contributed by atoms with van der Waals surface area (Å²) in [6, 6.07) is 9.60. The molecule has 0 aliphatic rings. The van der Waals surface area contributed by atoms with E-state index in [1.165, 1.54) is 0 Å². The van der Waals surface area contributed by atoms with E-state index in [4.69, 9.17) is 16.0 Å². The Hall–Kier alpha value is -1.74. The third kappa shape index (κ3) is 1.32. The smallest absolute Gasteiger partial charge is 0.182 e. The number of aromatic nitrogens is 2. The summed E-state index contributed by atoms with van der Waals surface area (Å²) in [5.41, 5.74) is 0.883. The maximum atomic E-state index is 6.06. The third-order valence-electron chi connectivity index (χ3n) is 2.46. The summed E-state index contributed by atoms with van der Waals surface area (Å²) in [5.74, 6) is 2.32. The monoisotopic (exact) mass is 232 g/mol. The second-order valence-electron chi connectivity index (χ2n) is 3.59. The van der Waals surface area contributed by atoms with Crippen molar-refractivity contribution in [2.75, 3.05) is 0 Å². The number of hydrogen-bond donors (Lipinski definition) is 0. The number of pyridine rings is 1. The molecule has 4 heteroatoms. The molecule has 0 saturated heterocycles. The molecule has 0 bridgehead atoms. The van der Waals surface area contributed by atoms with Gasteiger partial charge < -0.3 is 4.42 Å². The lowest BCUT2D eigenvalue weighted by molar-refractivity contribution is 0.544. The summed E-state index contributed by atoms with van der Waals surface area (Å²) in [4.78, 5) is 4.31. The van der Waals surface area contributed by atoms with E-state index in [1.54, 1.807) is 0 Å². The van der Waals surface area contributed by atoms with Crippen molar-refractivity contribution in [1.29, 1.82) is 0 Å². The summed E-state index contributed by atoms with van der Waals surface area (Å²) in [6.07, 6.45) is 1.92. The molecule has 16 heavy (non-hydrogen) atoms. The van der Waals surface area contributed by atoms with Gasteiger partial charge in [-0.05, 0) is 31.2 Å². The van der Waals surface area contributed by atoms with Crippen LogP contribution in [0.15, 0.2) is 40.9 Å². The van der Waals surface area contributed by atoms with Crippen LogP contribution in [-0.2, 0) is 0 Å². The van der Waals surface area contributed by atoms with Crippen molar-refractivity contribution >= 4 is 17.1 Å². The molecular formula is C12H9ClN2O. The van der Waals surface area contributed by atoms with Gasteiger partial charge in [0.2, 0.25) is 0 Å². The van der Waals surface area contributed by atoms with E-state index < -0.39 is 0 Å². The van der Waals surface area contributed by atoms with Crippen LogP contribution in [0, 0.1) is 6.92 Å². The van der Waals surface area contributed by atoms with Crippen LogP contribution in [0.2, 0.25) is 5.15 Å². The van der Waals surface area contributed by atoms with E-state index in [0.29, 0.717) is 5.15 Å². The minimum Gasteiger partial charge on any atom is -0.458 e. The first-order chi connectivity index (χ1) is 7.75. The normalized spacial score (nSPS) is 11.1. The molecule has 3 aromatic rings. The van der Waals surface area contributed by atoms with Gasteiger partial charge in [-0.25, -0.2) is 4.98 Å². The Balaban J connectivity index is 2.32. The molecule has 0 aliphatic heterocycles.